The topological polar surface area (TPSA) is 0 Å². The average molecular weight is 202 g/mol. The third-order valence-electron chi connectivity index (χ3n) is 3.44. The number of hydrogen-bond donors (Lipinski definition) is 0. The molecule has 0 saturated heterocycles. The Hall–Kier alpha value is -0.610. The molecule has 1 aliphatic heterocycles. The van der Waals surface area contributed by atoms with Gasteiger partial charge in [0.05, 0.1) is 0 Å². The Morgan fingerprint density at radius 1 is 1.07 bits per heavy atom. The van der Waals surface area contributed by atoms with Gasteiger partial charge < -0.3 is 0 Å². The quantitative estimate of drug-likeness (QED) is 0.611. The summed E-state index contributed by atoms with van der Waals surface area (Å²) in [5.41, 5.74) is 0.979. The maximum absolute atomic E-state index is 2.50. The van der Waals surface area contributed by atoms with Crippen LogP contribution in [0.15, 0.2) is 42.2 Å². The van der Waals surface area contributed by atoms with E-state index in [0.29, 0.717) is 0 Å². The van der Waals surface area contributed by atoms with E-state index >= 15 is 0 Å². The van der Waals surface area contributed by atoms with Gasteiger partial charge in [0, 0.05) is 0 Å². The minimum atomic E-state index is 0.0388. The van der Waals surface area contributed by atoms with E-state index in [1.807, 2.05) is 0 Å². The van der Waals surface area contributed by atoms with E-state index < -0.39 is 0 Å². The third kappa shape index (κ3) is 1.33. The molecule has 14 heavy (non-hydrogen) atoms. The lowest BCUT2D eigenvalue weighted by Crippen LogP contribution is -2.10. The van der Waals surface area contributed by atoms with Crippen molar-refractivity contribution in [1.29, 1.82) is 0 Å². The van der Waals surface area contributed by atoms with Gasteiger partial charge in [0.2, 0.25) is 0 Å². The van der Waals surface area contributed by atoms with Crippen molar-refractivity contribution in [2.45, 2.75) is 24.9 Å². The molecule has 0 spiro atoms. The maximum Gasteiger partial charge on any atom is -0.00713 e. The van der Waals surface area contributed by atoms with E-state index in [9.17, 15) is 0 Å². The summed E-state index contributed by atoms with van der Waals surface area (Å²) in [6, 6.07) is 11.1. The Morgan fingerprint density at radius 2 is 1.93 bits per heavy atom. The molecule has 1 aliphatic carbocycles. The summed E-state index contributed by atoms with van der Waals surface area (Å²) in [7, 11) is 0.0388. The van der Waals surface area contributed by atoms with E-state index in [2.05, 4.69) is 42.2 Å². The summed E-state index contributed by atoms with van der Waals surface area (Å²) in [6.45, 7) is 0. The molecule has 1 aromatic rings. The molecule has 1 fully saturated rings. The molecule has 3 atom stereocenters. The fourth-order valence-corrected chi connectivity index (χ4v) is 5.55. The molecule has 0 amide bonds. The lowest BCUT2D eigenvalue weighted by Gasteiger charge is -2.19. The molecule has 0 aromatic heterocycles. The molecular weight excluding hydrogens is 187 g/mol. The second-order valence-corrected chi connectivity index (χ2v) is 6.54. The normalized spacial score (nSPS) is 34.7. The van der Waals surface area contributed by atoms with Crippen LogP contribution in [0.4, 0.5) is 0 Å². The van der Waals surface area contributed by atoms with Crippen molar-refractivity contribution in [1.82, 2.24) is 0 Å². The van der Waals surface area contributed by atoms with Crippen molar-refractivity contribution in [3.63, 3.8) is 0 Å². The van der Waals surface area contributed by atoms with Crippen molar-refractivity contribution >= 4 is 13.2 Å². The Kier molecular flexibility index (Phi) is 2.18. The molecular formula is C13H15P. The van der Waals surface area contributed by atoms with Crippen LogP contribution in [0.5, 0.6) is 0 Å². The Morgan fingerprint density at radius 3 is 2.79 bits per heavy atom. The van der Waals surface area contributed by atoms with Crippen molar-refractivity contribution in [3.8, 4) is 0 Å². The average Bonchev–Trinajstić information content (AvgIpc) is 2.79. The van der Waals surface area contributed by atoms with Crippen molar-refractivity contribution in [2.24, 2.45) is 5.92 Å². The van der Waals surface area contributed by atoms with Crippen molar-refractivity contribution in [3.05, 3.63) is 42.2 Å². The first-order valence-corrected chi connectivity index (χ1v) is 6.95. The van der Waals surface area contributed by atoms with Crippen LogP contribution in [-0.4, -0.2) is 5.66 Å². The van der Waals surface area contributed by atoms with Gasteiger partial charge in [0.25, 0.3) is 0 Å². The maximum atomic E-state index is 2.50. The standard InChI is InChI=1S/C13H15P/c1-2-6-12(7-3-1)14-10-9-11-5-4-8-13(11)14/h1-3,6-7,9-11,13H,4-5,8H2. The second-order valence-electron chi connectivity index (χ2n) is 4.25. The first-order valence-electron chi connectivity index (χ1n) is 5.47. The zero-order chi connectivity index (χ0) is 9.38. The number of benzene rings is 1. The number of allylic oxidation sites excluding steroid dienone is 1. The highest BCUT2D eigenvalue weighted by Crippen LogP contribution is 2.56. The molecule has 2 aliphatic rings. The van der Waals surface area contributed by atoms with E-state index in [1.165, 1.54) is 19.3 Å². The van der Waals surface area contributed by atoms with E-state index in [1.54, 1.807) is 5.30 Å². The molecule has 3 rings (SSSR count). The van der Waals surface area contributed by atoms with Gasteiger partial charge in [-0.3, -0.25) is 0 Å². The number of fused-ring (bicyclic) bond motifs is 1. The number of hydrogen-bond acceptors (Lipinski definition) is 0. The van der Waals surface area contributed by atoms with Gasteiger partial charge in [-0.1, -0.05) is 48.6 Å². The predicted octanol–water partition coefficient (Wildman–Crippen LogP) is 3.49. The summed E-state index contributed by atoms with van der Waals surface area (Å²) in [6.07, 6.45) is 6.83. The highest BCUT2D eigenvalue weighted by atomic mass is 31.1. The molecule has 0 nitrogen and oxygen atoms in total. The summed E-state index contributed by atoms with van der Waals surface area (Å²) in [5.74, 6) is 3.42. The minimum absolute atomic E-state index is 0.0388. The highest BCUT2D eigenvalue weighted by molar-refractivity contribution is 7.69. The SMILES string of the molecule is C1=CP(c2ccccc2)C2CCCC12. The van der Waals surface area contributed by atoms with Gasteiger partial charge >= 0.3 is 0 Å². The molecule has 3 unspecified atom stereocenters. The largest absolute Gasteiger partial charge is 0.0800 e. The van der Waals surface area contributed by atoms with Crippen LogP contribution in [0.3, 0.4) is 0 Å². The van der Waals surface area contributed by atoms with Crippen LogP contribution in [0.1, 0.15) is 19.3 Å². The Balaban J connectivity index is 1.90. The van der Waals surface area contributed by atoms with Gasteiger partial charge in [-0.25, -0.2) is 0 Å². The van der Waals surface area contributed by atoms with Gasteiger partial charge in [-0.05, 0) is 37.6 Å². The van der Waals surface area contributed by atoms with E-state index in [4.69, 9.17) is 0 Å². The van der Waals surface area contributed by atoms with Crippen LogP contribution in [0.2, 0.25) is 0 Å². The molecule has 1 heterocycles. The molecule has 0 bridgehead atoms. The Bertz CT molecular complexity index is 342. The monoisotopic (exact) mass is 202 g/mol. The summed E-state index contributed by atoms with van der Waals surface area (Å²) in [4.78, 5) is 0. The van der Waals surface area contributed by atoms with Crippen LogP contribution in [0, 0.1) is 5.92 Å². The van der Waals surface area contributed by atoms with E-state index in [0.717, 1.165) is 11.6 Å². The van der Waals surface area contributed by atoms with Gasteiger partial charge in [0.15, 0.2) is 0 Å². The lowest BCUT2D eigenvalue weighted by molar-refractivity contribution is 0.706. The first-order chi connectivity index (χ1) is 6.95. The van der Waals surface area contributed by atoms with Gasteiger partial charge in [-0.2, -0.15) is 0 Å². The van der Waals surface area contributed by atoms with Crippen LogP contribution in [0.25, 0.3) is 0 Å². The van der Waals surface area contributed by atoms with Crippen LogP contribution >= 0.6 is 7.92 Å². The minimum Gasteiger partial charge on any atom is -0.0800 e. The molecule has 0 N–H and O–H groups in total. The second kappa shape index (κ2) is 3.51. The Labute approximate surface area is 86.8 Å². The summed E-state index contributed by atoms with van der Waals surface area (Å²) >= 11 is 0. The predicted molar refractivity (Wildman–Crippen MR) is 63.3 cm³/mol. The third-order valence-corrected chi connectivity index (χ3v) is 6.18. The molecule has 1 heteroatoms. The van der Waals surface area contributed by atoms with Crippen molar-refractivity contribution < 1.29 is 0 Å². The molecule has 0 radical (unpaired) electrons. The van der Waals surface area contributed by atoms with Crippen LogP contribution in [-0.2, 0) is 0 Å². The molecule has 1 saturated carbocycles. The fourth-order valence-electron chi connectivity index (χ4n) is 2.73. The first kappa shape index (κ1) is 8.68. The fraction of sp³-hybridized carbons (Fsp3) is 0.385. The van der Waals surface area contributed by atoms with Crippen LogP contribution < -0.4 is 5.30 Å². The van der Waals surface area contributed by atoms with Gasteiger partial charge in [-0.15, -0.1) is 0 Å². The summed E-state index contributed by atoms with van der Waals surface area (Å²) < 4.78 is 0. The smallest absolute Gasteiger partial charge is 0.00713 e. The zero-order valence-electron chi connectivity index (χ0n) is 8.26. The van der Waals surface area contributed by atoms with Gasteiger partial charge in [0.1, 0.15) is 0 Å². The van der Waals surface area contributed by atoms with Crippen molar-refractivity contribution in [2.75, 3.05) is 0 Å². The van der Waals surface area contributed by atoms with E-state index in [-0.39, 0.29) is 7.92 Å². The summed E-state index contributed by atoms with van der Waals surface area (Å²) in [5, 5.41) is 1.58. The number of rotatable bonds is 1. The zero-order valence-corrected chi connectivity index (χ0v) is 9.16. The molecule has 72 valence electrons. The molecule has 1 aromatic carbocycles. The highest BCUT2D eigenvalue weighted by Gasteiger charge is 2.35. The lowest BCUT2D eigenvalue weighted by atomic mass is 10.1.